The van der Waals surface area contributed by atoms with Crippen molar-refractivity contribution in [2.24, 2.45) is 0 Å². The summed E-state index contributed by atoms with van der Waals surface area (Å²) < 4.78 is 7.80. The molecule has 2 nitrogen and oxygen atoms in total. The molecule has 0 fully saturated rings. The third kappa shape index (κ3) is 3.06. The van der Waals surface area contributed by atoms with E-state index in [0.717, 1.165) is 32.4 Å². The molecule has 0 radical (unpaired) electrons. The van der Waals surface area contributed by atoms with Crippen LogP contribution in [-0.2, 0) is 30.5 Å². The van der Waals surface area contributed by atoms with E-state index in [9.17, 15) is 0 Å². The fourth-order valence-electron chi connectivity index (χ4n) is 3.33. The predicted molar refractivity (Wildman–Crippen MR) is 89.9 cm³/mol. The topological polar surface area (TPSA) is 14.2 Å². The van der Waals surface area contributed by atoms with Gasteiger partial charge in [0.15, 0.2) is 0 Å². The molecule has 1 aromatic heterocycles. The van der Waals surface area contributed by atoms with Gasteiger partial charge in [-0.1, -0.05) is 51.1 Å². The smallest absolute Gasteiger partial charge is 0.0641 e. The summed E-state index contributed by atoms with van der Waals surface area (Å²) in [6, 6.07) is 10.8. The van der Waals surface area contributed by atoms with E-state index < -0.39 is 0 Å². The number of hydrogen-bond acceptors (Lipinski definition) is 1. The summed E-state index contributed by atoms with van der Waals surface area (Å²) >= 11 is 0. The van der Waals surface area contributed by atoms with Crippen molar-refractivity contribution >= 4 is 0 Å². The van der Waals surface area contributed by atoms with Crippen LogP contribution in [0.5, 0.6) is 0 Å². The molecule has 0 saturated carbocycles. The fourth-order valence-corrected chi connectivity index (χ4v) is 3.33. The first-order valence-electron chi connectivity index (χ1n) is 8.05. The Balaban J connectivity index is 2.65. The molecule has 2 rings (SSSR count). The van der Waals surface area contributed by atoms with Crippen LogP contribution in [0.3, 0.4) is 0 Å². The molecule has 0 aliphatic heterocycles. The molecule has 21 heavy (non-hydrogen) atoms. The number of hydrogen-bond donors (Lipinski definition) is 0. The molecule has 0 amide bonds. The zero-order valence-electron chi connectivity index (χ0n) is 13.8. The molecular weight excluding hydrogens is 258 g/mol. The molecule has 0 bridgehead atoms. The maximum Gasteiger partial charge on any atom is 0.0641 e. The molecule has 0 aliphatic carbocycles. The molecule has 2 heteroatoms. The second-order valence-corrected chi connectivity index (χ2v) is 5.32. The van der Waals surface area contributed by atoms with Crippen LogP contribution in [0, 0.1) is 0 Å². The average Bonchev–Trinajstić information content (AvgIpc) is 2.85. The van der Waals surface area contributed by atoms with Crippen molar-refractivity contribution in [2.75, 3.05) is 13.7 Å². The van der Waals surface area contributed by atoms with Crippen molar-refractivity contribution in [3.63, 3.8) is 0 Å². The number of nitrogens with zero attached hydrogens (tertiary/aromatic N) is 1. The molecule has 0 saturated heterocycles. The largest absolute Gasteiger partial charge is 0.383 e. The summed E-state index contributed by atoms with van der Waals surface area (Å²) in [5, 5.41) is 0. The molecule has 1 aromatic carbocycles. The first-order chi connectivity index (χ1) is 10.3. The standard InChI is InChI=1S/C19H27NO/c1-5-16-17(6-2)20(13-14-21-4)18(7-3)19(16)15-11-9-8-10-12-15/h8-12H,5-7,13-14H2,1-4H3. The van der Waals surface area contributed by atoms with Gasteiger partial charge in [0.05, 0.1) is 6.61 Å². The minimum atomic E-state index is 0.770. The normalized spacial score (nSPS) is 11.0. The van der Waals surface area contributed by atoms with Crippen LogP contribution in [0.4, 0.5) is 0 Å². The van der Waals surface area contributed by atoms with Crippen LogP contribution in [0.1, 0.15) is 37.7 Å². The van der Waals surface area contributed by atoms with Gasteiger partial charge in [-0.15, -0.1) is 0 Å². The molecule has 2 aromatic rings. The average molecular weight is 285 g/mol. The molecule has 0 unspecified atom stereocenters. The van der Waals surface area contributed by atoms with Crippen LogP contribution in [0.2, 0.25) is 0 Å². The van der Waals surface area contributed by atoms with Gasteiger partial charge in [0.1, 0.15) is 0 Å². The summed E-state index contributed by atoms with van der Waals surface area (Å²) in [6.07, 6.45) is 3.22. The second kappa shape index (κ2) is 7.46. The van der Waals surface area contributed by atoms with E-state index in [1.807, 2.05) is 0 Å². The Kier molecular flexibility index (Phi) is 5.63. The van der Waals surface area contributed by atoms with Crippen LogP contribution in [0.25, 0.3) is 11.1 Å². The van der Waals surface area contributed by atoms with Crippen molar-refractivity contribution in [3.8, 4) is 11.1 Å². The van der Waals surface area contributed by atoms with E-state index in [0.29, 0.717) is 0 Å². The van der Waals surface area contributed by atoms with Gasteiger partial charge in [-0.25, -0.2) is 0 Å². The maximum atomic E-state index is 5.31. The van der Waals surface area contributed by atoms with Gasteiger partial charge in [0, 0.05) is 30.6 Å². The summed E-state index contributed by atoms with van der Waals surface area (Å²) in [5.74, 6) is 0. The van der Waals surface area contributed by atoms with Gasteiger partial charge in [0.25, 0.3) is 0 Å². The Morgan fingerprint density at radius 2 is 1.57 bits per heavy atom. The Hall–Kier alpha value is -1.54. The predicted octanol–water partition coefficient (Wildman–Crippen LogP) is 4.49. The summed E-state index contributed by atoms with van der Waals surface area (Å²) in [6.45, 7) is 8.49. The minimum absolute atomic E-state index is 0.770. The molecule has 1 heterocycles. The maximum absolute atomic E-state index is 5.31. The number of ether oxygens (including phenoxy) is 1. The van der Waals surface area contributed by atoms with Gasteiger partial charge in [-0.05, 0) is 30.4 Å². The zero-order chi connectivity index (χ0) is 15.2. The lowest BCUT2D eigenvalue weighted by molar-refractivity contribution is 0.185. The summed E-state index contributed by atoms with van der Waals surface area (Å²) in [4.78, 5) is 0. The Morgan fingerprint density at radius 1 is 0.905 bits per heavy atom. The highest BCUT2D eigenvalue weighted by atomic mass is 16.5. The molecule has 0 aliphatic rings. The molecule has 0 spiro atoms. The van der Waals surface area contributed by atoms with E-state index >= 15 is 0 Å². The Morgan fingerprint density at radius 3 is 2.10 bits per heavy atom. The van der Waals surface area contributed by atoms with E-state index in [1.54, 1.807) is 7.11 Å². The Bertz CT molecular complexity index is 569. The lowest BCUT2D eigenvalue weighted by Gasteiger charge is -2.12. The number of methoxy groups -OCH3 is 1. The van der Waals surface area contributed by atoms with Crippen LogP contribution in [-0.4, -0.2) is 18.3 Å². The lowest BCUT2D eigenvalue weighted by Crippen LogP contribution is -2.11. The van der Waals surface area contributed by atoms with Gasteiger partial charge >= 0.3 is 0 Å². The number of aromatic nitrogens is 1. The fraction of sp³-hybridized carbons (Fsp3) is 0.474. The van der Waals surface area contributed by atoms with Crippen LogP contribution in [0.15, 0.2) is 30.3 Å². The van der Waals surface area contributed by atoms with Crippen molar-refractivity contribution in [1.29, 1.82) is 0 Å². The summed E-state index contributed by atoms with van der Waals surface area (Å²) in [5.41, 5.74) is 7.24. The highest BCUT2D eigenvalue weighted by molar-refractivity contribution is 5.72. The zero-order valence-corrected chi connectivity index (χ0v) is 13.8. The highest BCUT2D eigenvalue weighted by Gasteiger charge is 2.20. The molecular formula is C19H27NO. The summed E-state index contributed by atoms with van der Waals surface area (Å²) in [7, 11) is 1.78. The first kappa shape index (κ1) is 15.8. The van der Waals surface area contributed by atoms with Crippen LogP contribution < -0.4 is 0 Å². The lowest BCUT2D eigenvalue weighted by atomic mass is 9.97. The van der Waals surface area contributed by atoms with Gasteiger partial charge in [-0.3, -0.25) is 0 Å². The quantitative estimate of drug-likeness (QED) is 0.731. The van der Waals surface area contributed by atoms with Gasteiger partial charge < -0.3 is 9.30 Å². The van der Waals surface area contributed by atoms with E-state index in [1.165, 1.54) is 28.1 Å². The molecule has 0 N–H and O–H groups in total. The van der Waals surface area contributed by atoms with Crippen molar-refractivity contribution in [2.45, 2.75) is 46.6 Å². The first-order valence-corrected chi connectivity index (χ1v) is 8.05. The minimum Gasteiger partial charge on any atom is -0.383 e. The number of rotatable bonds is 7. The SMILES string of the molecule is CCc1c(-c2ccccc2)c(CC)n(CCOC)c1CC. The third-order valence-electron chi connectivity index (χ3n) is 4.20. The van der Waals surface area contributed by atoms with Crippen LogP contribution >= 0.6 is 0 Å². The van der Waals surface area contributed by atoms with Crippen molar-refractivity contribution < 1.29 is 4.74 Å². The third-order valence-corrected chi connectivity index (χ3v) is 4.20. The van der Waals surface area contributed by atoms with Crippen molar-refractivity contribution in [1.82, 2.24) is 4.57 Å². The van der Waals surface area contributed by atoms with Gasteiger partial charge in [0.2, 0.25) is 0 Å². The van der Waals surface area contributed by atoms with E-state index in [2.05, 4.69) is 55.7 Å². The number of benzene rings is 1. The Labute approximate surface area is 128 Å². The van der Waals surface area contributed by atoms with E-state index in [-0.39, 0.29) is 0 Å². The van der Waals surface area contributed by atoms with E-state index in [4.69, 9.17) is 4.74 Å². The van der Waals surface area contributed by atoms with Crippen molar-refractivity contribution in [3.05, 3.63) is 47.3 Å². The monoisotopic (exact) mass is 285 g/mol. The second-order valence-electron chi connectivity index (χ2n) is 5.32. The highest BCUT2D eigenvalue weighted by Crippen LogP contribution is 2.34. The van der Waals surface area contributed by atoms with Gasteiger partial charge in [-0.2, -0.15) is 0 Å². The molecule has 0 atom stereocenters. The molecule has 114 valence electrons.